The van der Waals surface area contributed by atoms with Crippen LogP contribution in [0.1, 0.15) is 6.92 Å². The van der Waals surface area contributed by atoms with Crippen LogP contribution in [0.15, 0.2) is 0 Å². The van der Waals surface area contributed by atoms with Gasteiger partial charge in [-0.25, -0.2) is 0 Å². The Kier molecular flexibility index (Phi) is 4.35. The maximum absolute atomic E-state index is 3.04. The second kappa shape index (κ2) is 3.70. The van der Waals surface area contributed by atoms with Gasteiger partial charge in [-0.05, 0) is 0 Å². The summed E-state index contributed by atoms with van der Waals surface area (Å²) in [5.41, 5.74) is 0. The zero-order chi connectivity index (χ0) is 3.41. The molecule has 0 aromatic carbocycles. The summed E-state index contributed by atoms with van der Waals surface area (Å²) in [5.74, 6) is 0. The Morgan fingerprint density at radius 1 is 2.00 bits per heavy atom. The molecule has 0 fully saturated rings. The van der Waals surface area contributed by atoms with Crippen molar-refractivity contribution in [3.8, 4) is 0 Å². The molecule has 1 nitrogen and oxygen atoms in total. The molecular weight excluding hydrogens is 219 g/mol. The fraction of sp³-hybridized carbons (Fsp3) is 1.00. The third-order valence-corrected chi connectivity index (χ3v) is 1.29. The van der Waals surface area contributed by atoms with E-state index in [1.807, 2.05) is 0 Å². The van der Waals surface area contributed by atoms with Crippen molar-refractivity contribution in [2.45, 2.75) is 6.92 Å². The molecule has 0 aliphatic heterocycles. The molecule has 0 saturated carbocycles. The van der Waals surface area contributed by atoms with Crippen LogP contribution >= 0.6 is 0 Å². The molecular formula is C2H6NTa. The second-order valence-corrected chi connectivity index (χ2v) is 1.65. The SMILES string of the molecule is CC[NH][Ta]. The molecule has 0 aliphatic rings. The van der Waals surface area contributed by atoms with Gasteiger partial charge >= 0.3 is 38.5 Å². The van der Waals surface area contributed by atoms with Crippen LogP contribution in [-0.2, 0) is 21.3 Å². The minimum atomic E-state index is 1.12. The van der Waals surface area contributed by atoms with Crippen LogP contribution in [0.3, 0.4) is 0 Å². The molecule has 0 spiro atoms. The summed E-state index contributed by atoms with van der Waals surface area (Å²) >= 11 is 1.30. The van der Waals surface area contributed by atoms with Gasteiger partial charge < -0.3 is 0 Å². The second-order valence-electron chi connectivity index (χ2n) is 0.512. The van der Waals surface area contributed by atoms with Crippen LogP contribution < -0.4 is 3.72 Å². The molecule has 0 aliphatic carbocycles. The fourth-order valence-corrected chi connectivity index (χ4v) is 0. The van der Waals surface area contributed by atoms with E-state index in [9.17, 15) is 0 Å². The summed E-state index contributed by atoms with van der Waals surface area (Å²) in [6.45, 7) is 3.22. The van der Waals surface area contributed by atoms with Gasteiger partial charge in [0.1, 0.15) is 0 Å². The predicted octanol–water partition coefficient (Wildman–Crippen LogP) is 0.0577. The first-order chi connectivity index (χ1) is 1.91. The van der Waals surface area contributed by atoms with Gasteiger partial charge in [-0.3, -0.25) is 0 Å². The van der Waals surface area contributed by atoms with Crippen molar-refractivity contribution >= 4 is 0 Å². The Labute approximate surface area is 39.0 Å². The molecule has 0 heterocycles. The zero-order valence-electron chi connectivity index (χ0n) is 2.65. The molecule has 0 aromatic rings. The Bertz CT molecular complexity index is 8.00. The number of hydrogen-bond acceptors (Lipinski definition) is 1. The van der Waals surface area contributed by atoms with Crippen LogP contribution in [0.2, 0.25) is 0 Å². The average Bonchev–Trinajstić information content (AvgIpc) is 1.37. The van der Waals surface area contributed by atoms with E-state index in [2.05, 4.69) is 10.6 Å². The maximum atomic E-state index is 3.04. The van der Waals surface area contributed by atoms with Gasteiger partial charge in [0, 0.05) is 0 Å². The average molecular weight is 225 g/mol. The van der Waals surface area contributed by atoms with Gasteiger partial charge in [-0.2, -0.15) is 0 Å². The molecule has 0 rings (SSSR count). The van der Waals surface area contributed by atoms with Gasteiger partial charge in [-0.1, -0.05) is 0 Å². The van der Waals surface area contributed by atoms with Crippen LogP contribution in [0.25, 0.3) is 0 Å². The Balaban J connectivity index is 1.97. The van der Waals surface area contributed by atoms with Crippen molar-refractivity contribution in [1.82, 2.24) is 3.72 Å². The molecule has 0 unspecified atom stereocenters. The van der Waals surface area contributed by atoms with Crippen molar-refractivity contribution in [1.29, 1.82) is 0 Å². The van der Waals surface area contributed by atoms with Crippen LogP contribution in [0.5, 0.6) is 0 Å². The topological polar surface area (TPSA) is 12.0 Å². The first-order valence-corrected chi connectivity index (χ1v) is 2.89. The third-order valence-electron chi connectivity index (χ3n) is 0.158. The summed E-state index contributed by atoms with van der Waals surface area (Å²) < 4.78 is 3.04. The zero-order valence-corrected chi connectivity index (χ0v) is 5.87. The summed E-state index contributed by atoms with van der Waals surface area (Å²) in [6, 6.07) is 0. The first kappa shape index (κ1) is 4.70. The number of nitrogens with one attached hydrogen (secondary N) is 1. The summed E-state index contributed by atoms with van der Waals surface area (Å²) in [5, 5.41) is 0. The summed E-state index contributed by atoms with van der Waals surface area (Å²) in [4.78, 5) is 0. The molecule has 0 amide bonds. The van der Waals surface area contributed by atoms with Crippen LogP contribution in [0, 0.1) is 0 Å². The van der Waals surface area contributed by atoms with Gasteiger partial charge in [0.15, 0.2) is 0 Å². The normalized spacial score (nSPS) is 7.25. The van der Waals surface area contributed by atoms with E-state index in [1.54, 1.807) is 0 Å². The summed E-state index contributed by atoms with van der Waals surface area (Å²) in [7, 11) is 0. The fourth-order valence-electron chi connectivity index (χ4n) is 0. The molecule has 0 bridgehead atoms. The van der Waals surface area contributed by atoms with Gasteiger partial charge in [-0.15, -0.1) is 0 Å². The molecule has 0 radical (unpaired) electrons. The van der Waals surface area contributed by atoms with E-state index < -0.39 is 0 Å². The summed E-state index contributed by atoms with van der Waals surface area (Å²) in [6.07, 6.45) is 0. The van der Waals surface area contributed by atoms with Crippen molar-refractivity contribution in [3.05, 3.63) is 0 Å². The van der Waals surface area contributed by atoms with Crippen LogP contribution in [0.4, 0.5) is 0 Å². The Morgan fingerprint density at radius 2 is 2.25 bits per heavy atom. The van der Waals surface area contributed by atoms with E-state index in [4.69, 9.17) is 0 Å². The quantitative estimate of drug-likeness (QED) is 0.665. The molecule has 2 heteroatoms. The molecule has 0 aromatic heterocycles. The predicted molar refractivity (Wildman–Crippen MR) is 13.7 cm³/mol. The van der Waals surface area contributed by atoms with Crippen molar-refractivity contribution in [3.63, 3.8) is 0 Å². The Morgan fingerprint density at radius 3 is 2.25 bits per heavy atom. The van der Waals surface area contributed by atoms with E-state index in [0.29, 0.717) is 0 Å². The van der Waals surface area contributed by atoms with E-state index in [-0.39, 0.29) is 0 Å². The van der Waals surface area contributed by atoms with Crippen molar-refractivity contribution in [2.75, 3.05) is 6.54 Å². The molecule has 4 heavy (non-hydrogen) atoms. The van der Waals surface area contributed by atoms with Gasteiger partial charge in [0.05, 0.1) is 0 Å². The van der Waals surface area contributed by atoms with E-state index >= 15 is 0 Å². The minimum absolute atomic E-state index is 1.12. The standard InChI is InChI=1S/C2H6N.Ta/c1-2-3;/h3H,2H2,1H3;/q-1;+1. The molecule has 0 atom stereocenters. The number of hydrogen-bond donors (Lipinski definition) is 1. The number of rotatable bonds is 1. The van der Waals surface area contributed by atoms with E-state index in [1.165, 1.54) is 21.3 Å². The van der Waals surface area contributed by atoms with E-state index in [0.717, 1.165) is 6.54 Å². The molecule has 24 valence electrons. The van der Waals surface area contributed by atoms with Crippen LogP contribution in [-0.4, -0.2) is 6.54 Å². The van der Waals surface area contributed by atoms with Crippen molar-refractivity contribution in [2.24, 2.45) is 0 Å². The third kappa shape index (κ3) is 2.70. The van der Waals surface area contributed by atoms with Gasteiger partial charge in [0.2, 0.25) is 0 Å². The monoisotopic (exact) mass is 225 g/mol. The molecule has 1 N–H and O–H groups in total. The first-order valence-electron chi connectivity index (χ1n) is 1.28. The Hall–Kier alpha value is 0.700. The molecule has 0 saturated heterocycles. The van der Waals surface area contributed by atoms with Gasteiger partial charge in [0.25, 0.3) is 0 Å². The van der Waals surface area contributed by atoms with Crippen molar-refractivity contribution < 1.29 is 21.3 Å².